The number of aliphatic imine (C=N–C) groups is 1. The van der Waals surface area contributed by atoms with Crippen LogP contribution in [0.25, 0.3) is 5.70 Å². The highest BCUT2D eigenvalue weighted by atomic mass is 32.2. The highest BCUT2D eigenvalue weighted by molar-refractivity contribution is 7.90. The molecule has 0 aliphatic carbocycles. The van der Waals surface area contributed by atoms with Crippen LogP contribution in [-0.2, 0) is 14.6 Å². The van der Waals surface area contributed by atoms with Crippen molar-refractivity contribution < 1.29 is 17.6 Å². The fourth-order valence-corrected chi connectivity index (χ4v) is 4.42. The number of rotatable bonds is 5. The summed E-state index contributed by atoms with van der Waals surface area (Å²) in [6.45, 7) is 3.25. The van der Waals surface area contributed by atoms with Crippen molar-refractivity contribution in [2.24, 2.45) is 4.99 Å². The van der Waals surface area contributed by atoms with Crippen molar-refractivity contribution in [3.05, 3.63) is 48.1 Å². The van der Waals surface area contributed by atoms with Crippen LogP contribution in [0.2, 0.25) is 0 Å². The monoisotopic (exact) mass is 433 g/mol. The number of aryl methyl sites for hydroxylation is 1. The van der Waals surface area contributed by atoms with Gasteiger partial charge in [0.25, 0.3) is 0 Å². The van der Waals surface area contributed by atoms with Crippen LogP contribution in [-0.4, -0.2) is 55.1 Å². The van der Waals surface area contributed by atoms with E-state index in [1.54, 1.807) is 30.6 Å². The van der Waals surface area contributed by atoms with Crippen molar-refractivity contribution in [2.45, 2.75) is 37.0 Å². The Morgan fingerprint density at radius 1 is 1.27 bits per heavy atom. The normalized spacial score (nSPS) is 20.3. The van der Waals surface area contributed by atoms with Crippen molar-refractivity contribution in [1.82, 2.24) is 14.7 Å². The standard InChI is InChI=1S/C20H24FN5O3S/c1-14-23-13-19(25(14)16-7-10-29-11-8-16)18-6-9-22-20(26(18)21)24-15-4-3-5-17(12-15)30(2,27)28/h3-6,9,12-13,16,20,24H,7-8,10-11H2,1-2H3. The molecule has 2 aliphatic rings. The van der Waals surface area contributed by atoms with E-state index in [2.05, 4.69) is 19.9 Å². The Kier molecular flexibility index (Phi) is 5.61. The first kappa shape index (κ1) is 20.5. The Labute approximate surface area is 174 Å². The highest BCUT2D eigenvalue weighted by Gasteiger charge is 2.29. The Morgan fingerprint density at radius 2 is 2.03 bits per heavy atom. The summed E-state index contributed by atoms with van der Waals surface area (Å²) in [6, 6.07) is 6.44. The number of anilines is 1. The van der Waals surface area contributed by atoms with Gasteiger partial charge >= 0.3 is 0 Å². The molecular weight excluding hydrogens is 409 g/mol. The molecule has 1 N–H and O–H groups in total. The van der Waals surface area contributed by atoms with Crippen LogP contribution < -0.4 is 5.32 Å². The number of nitrogens with zero attached hydrogens (tertiary/aromatic N) is 4. The van der Waals surface area contributed by atoms with Crippen LogP contribution in [0.4, 0.5) is 10.2 Å². The van der Waals surface area contributed by atoms with E-state index in [9.17, 15) is 8.42 Å². The number of sulfone groups is 1. The lowest BCUT2D eigenvalue weighted by Gasteiger charge is -2.31. The van der Waals surface area contributed by atoms with Crippen molar-refractivity contribution >= 4 is 27.4 Å². The van der Waals surface area contributed by atoms with Gasteiger partial charge in [-0.2, -0.15) is 5.12 Å². The first-order valence-corrected chi connectivity index (χ1v) is 11.6. The second-order valence-electron chi connectivity index (χ2n) is 7.38. The molecule has 4 rings (SSSR count). The quantitative estimate of drug-likeness (QED) is 0.730. The van der Waals surface area contributed by atoms with E-state index >= 15 is 4.48 Å². The van der Waals surface area contributed by atoms with Crippen LogP contribution in [0.1, 0.15) is 30.4 Å². The molecule has 0 bridgehead atoms. The Hall–Kier alpha value is -2.72. The third-order valence-corrected chi connectivity index (χ3v) is 6.37. The van der Waals surface area contributed by atoms with Gasteiger partial charge in [0.15, 0.2) is 9.84 Å². The lowest BCUT2D eigenvalue weighted by Crippen LogP contribution is -2.35. The van der Waals surface area contributed by atoms with Crippen molar-refractivity contribution in [3.63, 3.8) is 0 Å². The number of halogens is 1. The molecule has 160 valence electrons. The van der Waals surface area contributed by atoms with E-state index in [-0.39, 0.29) is 10.9 Å². The zero-order valence-corrected chi connectivity index (χ0v) is 17.6. The fourth-order valence-electron chi connectivity index (χ4n) is 3.76. The molecule has 1 aromatic carbocycles. The minimum Gasteiger partial charge on any atom is -0.381 e. The van der Waals surface area contributed by atoms with E-state index in [1.807, 2.05) is 6.92 Å². The largest absolute Gasteiger partial charge is 0.381 e. The Morgan fingerprint density at radius 3 is 2.77 bits per heavy atom. The minimum atomic E-state index is -3.37. The van der Waals surface area contributed by atoms with Gasteiger partial charge in [-0.25, -0.2) is 18.4 Å². The number of ether oxygens (including phenoxy) is 1. The number of nitrogens with one attached hydrogen (secondary N) is 1. The van der Waals surface area contributed by atoms with E-state index in [0.717, 1.165) is 24.9 Å². The van der Waals surface area contributed by atoms with Gasteiger partial charge in [0.2, 0.25) is 6.29 Å². The lowest BCUT2D eigenvalue weighted by atomic mass is 10.1. The summed E-state index contributed by atoms with van der Waals surface area (Å²) in [5, 5.41) is 3.49. The van der Waals surface area contributed by atoms with Gasteiger partial charge in [0.05, 0.1) is 16.8 Å². The molecule has 1 fully saturated rings. The van der Waals surface area contributed by atoms with Crippen LogP contribution in [0, 0.1) is 6.92 Å². The maximum atomic E-state index is 15.4. The van der Waals surface area contributed by atoms with Crippen LogP contribution in [0.15, 0.2) is 46.4 Å². The molecule has 1 aromatic heterocycles. The van der Waals surface area contributed by atoms with Gasteiger partial charge in [-0.1, -0.05) is 10.5 Å². The van der Waals surface area contributed by atoms with Gasteiger partial charge < -0.3 is 14.6 Å². The number of imidazole rings is 1. The zero-order valence-electron chi connectivity index (χ0n) is 16.8. The topological polar surface area (TPSA) is 88.8 Å². The van der Waals surface area contributed by atoms with Gasteiger partial charge in [0.1, 0.15) is 11.5 Å². The molecule has 2 aromatic rings. The predicted molar refractivity (Wildman–Crippen MR) is 112 cm³/mol. The van der Waals surface area contributed by atoms with Gasteiger partial charge in [-0.05, 0) is 44.0 Å². The van der Waals surface area contributed by atoms with Gasteiger partial charge in [0, 0.05) is 37.4 Å². The van der Waals surface area contributed by atoms with Crippen molar-refractivity contribution in [2.75, 3.05) is 24.8 Å². The summed E-state index contributed by atoms with van der Waals surface area (Å²) in [6.07, 6.45) is 6.61. The van der Waals surface area contributed by atoms with Gasteiger partial charge in [-0.15, -0.1) is 0 Å². The molecule has 3 heterocycles. The summed E-state index contributed by atoms with van der Waals surface area (Å²) in [4.78, 5) is 8.72. The maximum absolute atomic E-state index is 15.4. The van der Waals surface area contributed by atoms with Crippen LogP contribution >= 0.6 is 0 Å². The van der Waals surface area contributed by atoms with E-state index in [0.29, 0.717) is 35.4 Å². The molecule has 0 saturated carbocycles. The summed E-state index contributed by atoms with van der Waals surface area (Å²) >= 11 is 0. The Bertz CT molecular complexity index is 1090. The molecular formula is C20H24FN5O3S. The average molecular weight is 434 g/mol. The van der Waals surface area contributed by atoms with Gasteiger partial charge in [-0.3, -0.25) is 0 Å². The molecule has 30 heavy (non-hydrogen) atoms. The van der Waals surface area contributed by atoms with Crippen molar-refractivity contribution in [3.8, 4) is 0 Å². The molecule has 10 heteroatoms. The minimum absolute atomic E-state index is 0.154. The molecule has 1 atom stereocenters. The third kappa shape index (κ3) is 4.10. The second kappa shape index (κ2) is 8.19. The third-order valence-electron chi connectivity index (χ3n) is 5.26. The molecule has 0 spiro atoms. The molecule has 1 unspecified atom stereocenters. The fraction of sp³-hybridized carbons (Fsp3) is 0.400. The molecule has 1 saturated heterocycles. The summed E-state index contributed by atoms with van der Waals surface area (Å²) in [7, 11) is -3.37. The van der Waals surface area contributed by atoms with E-state index in [1.165, 1.54) is 12.1 Å². The summed E-state index contributed by atoms with van der Waals surface area (Å²) in [5.41, 5.74) is 1.47. The smallest absolute Gasteiger partial charge is 0.224 e. The average Bonchev–Trinajstić information content (AvgIpc) is 3.11. The summed E-state index contributed by atoms with van der Waals surface area (Å²) < 4.78 is 46.5. The lowest BCUT2D eigenvalue weighted by molar-refractivity contribution is 0.0607. The predicted octanol–water partition coefficient (Wildman–Crippen LogP) is 2.95. The first-order valence-electron chi connectivity index (χ1n) is 9.71. The molecule has 0 amide bonds. The van der Waals surface area contributed by atoms with Crippen LogP contribution in [0.3, 0.4) is 0 Å². The van der Waals surface area contributed by atoms with Crippen molar-refractivity contribution in [1.29, 1.82) is 0 Å². The Balaban J connectivity index is 1.59. The van der Waals surface area contributed by atoms with E-state index < -0.39 is 16.1 Å². The molecule has 8 nitrogen and oxygen atoms in total. The number of allylic oxidation sites excluding steroid dienone is 1. The highest BCUT2D eigenvalue weighted by Crippen LogP contribution is 2.32. The first-order chi connectivity index (χ1) is 14.3. The molecule has 2 aliphatic heterocycles. The zero-order chi connectivity index (χ0) is 21.3. The number of aromatic nitrogens is 2. The SMILES string of the molecule is Cc1ncc(C2=CC=NC(Nc3cccc(S(C)(=O)=O)c3)N2F)n1C1CCOCC1. The number of benzene rings is 1. The summed E-state index contributed by atoms with van der Waals surface area (Å²) in [5.74, 6) is 0.819. The maximum Gasteiger partial charge on any atom is 0.224 e. The number of hydrogen-bond acceptors (Lipinski definition) is 7. The second-order valence-corrected chi connectivity index (χ2v) is 9.40. The number of hydrogen-bond donors (Lipinski definition) is 1. The molecule has 0 radical (unpaired) electrons. The van der Waals surface area contributed by atoms with Crippen LogP contribution in [0.5, 0.6) is 0 Å². The van der Waals surface area contributed by atoms with E-state index in [4.69, 9.17) is 4.74 Å².